The van der Waals surface area contributed by atoms with E-state index in [1.54, 1.807) is 0 Å². The second kappa shape index (κ2) is 4.26. The van der Waals surface area contributed by atoms with E-state index >= 15 is 0 Å². The van der Waals surface area contributed by atoms with E-state index in [9.17, 15) is 5.11 Å². The number of aliphatic hydroxyl groups excluding tert-OH is 1. The SMILES string of the molecule is CCC(N)C(O)c1nc2ccccc2s1. The summed E-state index contributed by atoms with van der Waals surface area (Å²) in [6.45, 7) is 1.96. The van der Waals surface area contributed by atoms with Gasteiger partial charge in [0.1, 0.15) is 11.1 Å². The van der Waals surface area contributed by atoms with Crippen LogP contribution in [-0.4, -0.2) is 16.1 Å². The van der Waals surface area contributed by atoms with Crippen molar-refractivity contribution in [1.29, 1.82) is 0 Å². The van der Waals surface area contributed by atoms with E-state index in [0.717, 1.165) is 16.6 Å². The summed E-state index contributed by atoms with van der Waals surface area (Å²) in [6.07, 6.45) is 0.101. The zero-order valence-corrected chi connectivity index (χ0v) is 9.37. The number of fused-ring (bicyclic) bond motifs is 1. The lowest BCUT2D eigenvalue weighted by Gasteiger charge is -2.13. The molecular weight excluding hydrogens is 208 g/mol. The van der Waals surface area contributed by atoms with Gasteiger partial charge < -0.3 is 10.8 Å². The van der Waals surface area contributed by atoms with E-state index in [0.29, 0.717) is 5.01 Å². The van der Waals surface area contributed by atoms with E-state index in [2.05, 4.69) is 4.98 Å². The molecule has 2 aromatic rings. The average Bonchev–Trinajstić information content (AvgIpc) is 2.70. The Hall–Kier alpha value is -0.970. The first kappa shape index (κ1) is 10.5. The van der Waals surface area contributed by atoms with Crippen molar-refractivity contribution < 1.29 is 5.11 Å². The fourth-order valence-electron chi connectivity index (χ4n) is 1.42. The molecule has 0 aliphatic carbocycles. The number of para-hydroxylation sites is 1. The number of rotatable bonds is 3. The molecule has 0 saturated heterocycles. The van der Waals surface area contributed by atoms with Crippen molar-refractivity contribution >= 4 is 21.6 Å². The van der Waals surface area contributed by atoms with E-state index in [-0.39, 0.29) is 6.04 Å². The normalized spacial score (nSPS) is 15.4. The number of aromatic nitrogens is 1. The van der Waals surface area contributed by atoms with Gasteiger partial charge in [-0.3, -0.25) is 0 Å². The summed E-state index contributed by atoms with van der Waals surface area (Å²) in [7, 11) is 0. The van der Waals surface area contributed by atoms with Gasteiger partial charge in [0.15, 0.2) is 0 Å². The second-order valence-corrected chi connectivity index (χ2v) is 4.60. The fourth-order valence-corrected chi connectivity index (χ4v) is 2.45. The van der Waals surface area contributed by atoms with E-state index in [1.165, 1.54) is 11.3 Å². The van der Waals surface area contributed by atoms with Gasteiger partial charge in [-0.05, 0) is 18.6 Å². The molecule has 0 aliphatic rings. The Kier molecular flexibility index (Phi) is 3.00. The highest BCUT2D eigenvalue weighted by atomic mass is 32.1. The number of hydrogen-bond donors (Lipinski definition) is 2. The highest BCUT2D eigenvalue weighted by Gasteiger charge is 2.18. The Morgan fingerprint density at radius 2 is 2.20 bits per heavy atom. The predicted molar refractivity (Wildman–Crippen MR) is 62.8 cm³/mol. The standard InChI is InChI=1S/C11H14N2OS/c1-2-7(12)10(14)11-13-8-5-3-4-6-9(8)15-11/h3-7,10,14H,2,12H2,1H3. The zero-order chi connectivity index (χ0) is 10.8. The van der Waals surface area contributed by atoms with Gasteiger partial charge >= 0.3 is 0 Å². The molecule has 0 radical (unpaired) electrons. The molecule has 15 heavy (non-hydrogen) atoms. The van der Waals surface area contributed by atoms with Crippen molar-refractivity contribution in [1.82, 2.24) is 4.98 Å². The van der Waals surface area contributed by atoms with Crippen LogP contribution in [0.2, 0.25) is 0 Å². The monoisotopic (exact) mass is 222 g/mol. The van der Waals surface area contributed by atoms with Crippen molar-refractivity contribution in [3.8, 4) is 0 Å². The largest absolute Gasteiger partial charge is 0.384 e. The predicted octanol–water partition coefficient (Wildman–Crippen LogP) is 2.07. The van der Waals surface area contributed by atoms with Gasteiger partial charge in [-0.1, -0.05) is 19.1 Å². The number of nitrogens with zero attached hydrogens (tertiary/aromatic N) is 1. The maximum atomic E-state index is 9.91. The van der Waals surface area contributed by atoms with Crippen LogP contribution in [-0.2, 0) is 0 Å². The van der Waals surface area contributed by atoms with Crippen LogP contribution >= 0.6 is 11.3 Å². The van der Waals surface area contributed by atoms with Gasteiger partial charge in [0, 0.05) is 6.04 Å². The first-order valence-corrected chi connectivity index (χ1v) is 5.83. The Labute approximate surface area is 92.6 Å². The van der Waals surface area contributed by atoms with Crippen molar-refractivity contribution in [3.05, 3.63) is 29.3 Å². The van der Waals surface area contributed by atoms with Crippen molar-refractivity contribution in [2.24, 2.45) is 5.73 Å². The molecule has 80 valence electrons. The minimum absolute atomic E-state index is 0.231. The van der Waals surface area contributed by atoms with Gasteiger partial charge in [0.05, 0.1) is 10.2 Å². The van der Waals surface area contributed by atoms with Crippen LogP contribution in [0.25, 0.3) is 10.2 Å². The maximum absolute atomic E-state index is 9.91. The van der Waals surface area contributed by atoms with Gasteiger partial charge in [0.2, 0.25) is 0 Å². The van der Waals surface area contributed by atoms with Gasteiger partial charge in [-0.15, -0.1) is 11.3 Å². The quantitative estimate of drug-likeness (QED) is 0.835. The molecule has 2 rings (SSSR count). The maximum Gasteiger partial charge on any atom is 0.124 e. The third-order valence-electron chi connectivity index (χ3n) is 2.44. The van der Waals surface area contributed by atoms with Gasteiger partial charge in [-0.25, -0.2) is 4.98 Å². The van der Waals surface area contributed by atoms with Crippen molar-refractivity contribution in [2.75, 3.05) is 0 Å². The van der Waals surface area contributed by atoms with Crippen molar-refractivity contribution in [2.45, 2.75) is 25.5 Å². The molecule has 0 saturated carbocycles. The van der Waals surface area contributed by atoms with Crippen LogP contribution in [0, 0.1) is 0 Å². The number of benzene rings is 1. The van der Waals surface area contributed by atoms with Crippen LogP contribution in [0.5, 0.6) is 0 Å². The molecule has 0 amide bonds. The molecule has 0 fully saturated rings. The smallest absolute Gasteiger partial charge is 0.124 e. The summed E-state index contributed by atoms with van der Waals surface area (Å²) in [4.78, 5) is 4.37. The third-order valence-corrected chi connectivity index (χ3v) is 3.55. The first-order valence-electron chi connectivity index (χ1n) is 5.01. The molecule has 2 unspecified atom stereocenters. The molecule has 1 heterocycles. The molecule has 4 heteroatoms. The Morgan fingerprint density at radius 3 is 2.87 bits per heavy atom. The summed E-state index contributed by atoms with van der Waals surface area (Å²) in [6, 6.07) is 7.62. The first-order chi connectivity index (χ1) is 7.22. The Morgan fingerprint density at radius 1 is 1.47 bits per heavy atom. The minimum Gasteiger partial charge on any atom is -0.384 e. The van der Waals surface area contributed by atoms with E-state index < -0.39 is 6.10 Å². The highest BCUT2D eigenvalue weighted by Crippen LogP contribution is 2.27. The third kappa shape index (κ3) is 2.02. The summed E-state index contributed by atoms with van der Waals surface area (Å²) in [5.41, 5.74) is 6.72. The lowest BCUT2D eigenvalue weighted by molar-refractivity contribution is 0.144. The summed E-state index contributed by atoms with van der Waals surface area (Å²) in [5, 5.41) is 10.6. The Bertz CT molecular complexity index is 422. The lowest BCUT2D eigenvalue weighted by atomic mass is 10.1. The summed E-state index contributed by atoms with van der Waals surface area (Å²) in [5.74, 6) is 0. The zero-order valence-electron chi connectivity index (χ0n) is 8.55. The van der Waals surface area contributed by atoms with Crippen LogP contribution in [0.1, 0.15) is 24.5 Å². The summed E-state index contributed by atoms with van der Waals surface area (Å²) < 4.78 is 1.09. The molecule has 3 nitrogen and oxygen atoms in total. The van der Waals surface area contributed by atoms with Crippen LogP contribution in [0.4, 0.5) is 0 Å². The van der Waals surface area contributed by atoms with Crippen LogP contribution < -0.4 is 5.73 Å². The molecule has 0 bridgehead atoms. The lowest BCUT2D eigenvalue weighted by Crippen LogP contribution is -2.27. The highest BCUT2D eigenvalue weighted by molar-refractivity contribution is 7.18. The van der Waals surface area contributed by atoms with Crippen molar-refractivity contribution in [3.63, 3.8) is 0 Å². The molecule has 1 aromatic carbocycles. The number of nitrogens with two attached hydrogens (primary N) is 1. The van der Waals surface area contributed by atoms with Gasteiger partial charge in [-0.2, -0.15) is 0 Å². The average molecular weight is 222 g/mol. The number of aliphatic hydroxyl groups is 1. The summed E-state index contributed by atoms with van der Waals surface area (Å²) >= 11 is 1.51. The van der Waals surface area contributed by atoms with Gasteiger partial charge in [0.25, 0.3) is 0 Å². The van der Waals surface area contributed by atoms with Crippen LogP contribution in [0.15, 0.2) is 24.3 Å². The minimum atomic E-state index is -0.646. The molecule has 0 spiro atoms. The second-order valence-electron chi connectivity index (χ2n) is 3.54. The molecular formula is C11H14N2OS. The Balaban J connectivity index is 2.36. The van der Waals surface area contributed by atoms with E-state index in [1.807, 2.05) is 31.2 Å². The molecule has 1 aromatic heterocycles. The van der Waals surface area contributed by atoms with E-state index in [4.69, 9.17) is 5.73 Å². The van der Waals surface area contributed by atoms with Crippen LogP contribution in [0.3, 0.4) is 0 Å². The fraction of sp³-hybridized carbons (Fsp3) is 0.364. The topological polar surface area (TPSA) is 59.1 Å². The number of thiazole rings is 1. The number of hydrogen-bond acceptors (Lipinski definition) is 4. The molecule has 0 aliphatic heterocycles. The molecule has 3 N–H and O–H groups in total. The molecule has 2 atom stereocenters.